The largest absolute Gasteiger partial charge is 0.459 e. The molecule has 1 aromatic carbocycles. The summed E-state index contributed by atoms with van der Waals surface area (Å²) in [6.45, 7) is 4.37. The summed E-state index contributed by atoms with van der Waals surface area (Å²) in [5.41, 5.74) is 2.54. The first-order valence-electron chi connectivity index (χ1n) is 8.77. The van der Waals surface area contributed by atoms with Crippen LogP contribution in [0.1, 0.15) is 30.0 Å². The van der Waals surface area contributed by atoms with E-state index in [4.69, 9.17) is 9.15 Å². The van der Waals surface area contributed by atoms with E-state index in [0.717, 1.165) is 11.3 Å². The number of nitrogens with one attached hydrogen (secondary N) is 1. The molecule has 0 fully saturated rings. The van der Waals surface area contributed by atoms with E-state index in [-0.39, 0.29) is 30.2 Å². The molecule has 146 valence electrons. The molecule has 0 saturated heterocycles. The molecule has 1 heterocycles. The molecule has 0 radical (unpaired) electrons. The predicted octanol–water partition coefficient (Wildman–Crippen LogP) is 2.98. The number of benzene rings is 1. The van der Waals surface area contributed by atoms with Gasteiger partial charge in [0, 0.05) is 45.2 Å². The van der Waals surface area contributed by atoms with Gasteiger partial charge in [-0.25, -0.2) is 0 Å². The zero-order valence-corrected chi connectivity index (χ0v) is 16.5. The van der Waals surface area contributed by atoms with Crippen LogP contribution in [0.4, 0.5) is 11.4 Å². The van der Waals surface area contributed by atoms with Crippen molar-refractivity contribution < 1.29 is 18.7 Å². The number of ether oxygens (including phenoxy) is 1. The Morgan fingerprint density at radius 3 is 2.52 bits per heavy atom. The Kier molecular flexibility index (Phi) is 7.01. The number of furan rings is 1. The lowest BCUT2D eigenvalue weighted by Gasteiger charge is -2.29. The second kappa shape index (κ2) is 9.23. The number of carbonyl (C=O) groups excluding carboxylic acids is 2. The van der Waals surface area contributed by atoms with Crippen LogP contribution in [-0.2, 0) is 16.1 Å². The van der Waals surface area contributed by atoms with Gasteiger partial charge < -0.3 is 24.3 Å². The quantitative estimate of drug-likeness (QED) is 0.770. The van der Waals surface area contributed by atoms with Gasteiger partial charge in [0.2, 0.25) is 5.91 Å². The average molecular weight is 373 g/mol. The van der Waals surface area contributed by atoms with Crippen LogP contribution in [0.5, 0.6) is 0 Å². The number of rotatable bonds is 8. The number of nitrogens with zero attached hydrogens (tertiary/aromatic N) is 2. The first-order chi connectivity index (χ1) is 12.8. The third-order valence-electron chi connectivity index (χ3n) is 4.12. The molecular formula is C20H27N3O4. The van der Waals surface area contributed by atoms with Crippen molar-refractivity contribution in [3.8, 4) is 0 Å². The van der Waals surface area contributed by atoms with Gasteiger partial charge in [0.1, 0.15) is 6.61 Å². The second-order valence-electron chi connectivity index (χ2n) is 6.72. The molecule has 0 bridgehead atoms. The lowest BCUT2D eigenvalue weighted by Crippen LogP contribution is -2.39. The fourth-order valence-corrected chi connectivity index (χ4v) is 2.78. The molecule has 1 aromatic heterocycles. The van der Waals surface area contributed by atoms with E-state index in [1.165, 1.54) is 13.4 Å². The summed E-state index contributed by atoms with van der Waals surface area (Å²) >= 11 is 0. The summed E-state index contributed by atoms with van der Waals surface area (Å²) in [6.07, 6.45) is 1.46. The zero-order valence-electron chi connectivity index (χ0n) is 16.5. The van der Waals surface area contributed by atoms with Crippen molar-refractivity contribution >= 4 is 23.2 Å². The lowest BCUT2D eigenvalue weighted by atomic mass is 10.1. The highest BCUT2D eigenvalue weighted by molar-refractivity contribution is 6.02. The number of carbonyl (C=O) groups is 2. The van der Waals surface area contributed by atoms with Crippen LogP contribution in [0, 0.1) is 0 Å². The highest BCUT2D eigenvalue weighted by atomic mass is 16.5. The van der Waals surface area contributed by atoms with Crippen molar-refractivity contribution in [2.45, 2.75) is 26.4 Å². The fraction of sp³-hybridized carbons (Fsp3) is 0.400. The van der Waals surface area contributed by atoms with Crippen LogP contribution in [0.15, 0.2) is 41.0 Å². The molecule has 7 heteroatoms. The maximum Gasteiger partial charge on any atom is 0.291 e. The van der Waals surface area contributed by atoms with E-state index in [9.17, 15) is 9.59 Å². The number of amides is 2. The summed E-state index contributed by atoms with van der Waals surface area (Å²) in [4.78, 5) is 28.4. The molecule has 1 N–H and O–H groups in total. The van der Waals surface area contributed by atoms with Gasteiger partial charge >= 0.3 is 0 Å². The third-order valence-corrected chi connectivity index (χ3v) is 4.12. The van der Waals surface area contributed by atoms with Gasteiger partial charge in [-0.15, -0.1) is 0 Å². The number of anilines is 2. The first kappa shape index (κ1) is 20.5. The van der Waals surface area contributed by atoms with Gasteiger partial charge in [0.05, 0.1) is 6.26 Å². The maximum atomic E-state index is 12.4. The van der Waals surface area contributed by atoms with E-state index in [1.807, 2.05) is 51.0 Å². The highest BCUT2D eigenvalue weighted by Crippen LogP contribution is 2.25. The average Bonchev–Trinajstić information content (AvgIpc) is 3.14. The Balaban J connectivity index is 2.29. The summed E-state index contributed by atoms with van der Waals surface area (Å²) in [5, 5.41) is 2.83. The van der Waals surface area contributed by atoms with Crippen molar-refractivity contribution in [1.29, 1.82) is 0 Å². The molecule has 0 spiro atoms. The number of methoxy groups -OCH3 is 1. The van der Waals surface area contributed by atoms with Gasteiger partial charge in [-0.05, 0) is 49.7 Å². The van der Waals surface area contributed by atoms with Crippen LogP contribution < -0.4 is 10.2 Å². The Labute approximate surface area is 159 Å². The smallest absolute Gasteiger partial charge is 0.291 e. The molecular weight excluding hydrogens is 346 g/mol. The molecule has 27 heavy (non-hydrogen) atoms. The normalized spacial score (nSPS) is 10.7. The van der Waals surface area contributed by atoms with E-state index in [1.54, 1.807) is 17.0 Å². The lowest BCUT2D eigenvalue weighted by molar-refractivity contribution is -0.137. The standard InChI is InChI=1S/C20H27N3O4/c1-14(2)23(19(24)13-26-5)12-15-11-16(8-9-17(15)22(3)4)21-20(25)18-7-6-10-27-18/h6-11,14H,12-13H2,1-5H3,(H,21,25). The Morgan fingerprint density at radius 2 is 1.96 bits per heavy atom. The SMILES string of the molecule is COCC(=O)N(Cc1cc(NC(=O)c2ccco2)ccc1N(C)C)C(C)C. The summed E-state index contributed by atoms with van der Waals surface area (Å²) in [6, 6.07) is 8.92. The van der Waals surface area contributed by atoms with Gasteiger partial charge in [-0.3, -0.25) is 9.59 Å². The van der Waals surface area contributed by atoms with E-state index < -0.39 is 0 Å². The van der Waals surface area contributed by atoms with Crippen LogP contribution in [0.2, 0.25) is 0 Å². The Hall–Kier alpha value is -2.80. The van der Waals surface area contributed by atoms with E-state index >= 15 is 0 Å². The van der Waals surface area contributed by atoms with Crippen molar-refractivity contribution in [2.75, 3.05) is 38.0 Å². The maximum absolute atomic E-state index is 12.4. The van der Waals surface area contributed by atoms with E-state index in [0.29, 0.717) is 12.2 Å². The summed E-state index contributed by atoms with van der Waals surface area (Å²) in [5.74, 6) is -0.158. The van der Waals surface area contributed by atoms with Crippen molar-refractivity contribution in [3.63, 3.8) is 0 Å². The van der Waals surface area contributed by atoms with Gasteiger partial charge in [-0.2, -0.15) is 0 Å². The van der Waals surface area contributed by atoms with Crippen LogP contribution in [0.3, 0.4) is 0 Å². The molecule has 2 aromatic rings. The number of hydrogen-bond donors (Lipinski definition) is 1. The monoisotopic (exact) mass is 373 g/mol. The molecule has 2 amide bonds. The van der Waals surface area contributed by atoms with Crippen LogP contribution >= 0.6 is 0 Å². The second-order valence-corrected chi connectivity index (χ2v) is 6.72. The molecule has 0 aliphatic carbocycles. The summed E-state index contributed by atoms with van der Waals surface area (Å²) in [7, 11) is 5.39. The van der Waals surface area contributed by atoms with Crippen LogP contribution in [-0.4, -0.2) is 50.6 Å². The molecule has 0 aliphatic rings. The zero-order chi connectivity index (χ0) is 20.0. The Bertz CT molecular complexity index is 770. The third kappa shape index (κ3) is 5.34. The van der Waals surface area contributed by atoms with Gasteiger partial charge in [0.25, 0.3) is 5.91 Å². The predicted molar refractivity (Wildman–Crippen MR) is 105 cm³/mol. The van der Waals surface area contributed by atoms with Crippen LogP contribution in [0.25, 0.3) is 0 Å². The van der Waals surface area contributed by atoms with Crippen molar-refractivity contribution in [2.24, 2.45) is 0 Å². The summed E-state index contributed by atoms with van der Waals surface area (Å²) < 4.78 is 10.1. The molecule has 0 saturated carbocycles. The van der Waals surface area contributed by atoms with Gasteiger partial charge in [-0.1, -0.05) is 0 Å². The molecule has 0 unspecified atom stereocenters. The topological polar surface area (TPSA) is 75.0 Å². The fourth-order valence-electron chi connectivity index (χ4n) is 2.78. The minimum absolute atomic E-state index is 0.0176. The van der Waals surface area contributed by atoms with Crippen molar-refractivity contribution in [3.05, 3.63) is 47.9 Å². The highest BCUT2D eigenvalue weighted by Gasteiger charge is 2.20. The van der Waals surface area contributed by atoms with E-state index in [2.05, 4.69) is 5.32 Å². The molecule has 7 nitrogen and oxygen atoms in total. The molecule has 0 aliphatic heterocycles. The first-order valence-corrected chi connectivity index (χ1v) is 8.77. The molecule has 2 rings (SSSR count). The minimum atomic E-state index is -0.320. The van der Waals surface area contributed by atoms with Gasteiger partial charge in [0.15, 0.2) is 5.76 Å². The minimum Gasteiger partial charge on any atom is -0.459 e. The number of hydrogen-bond acceptors (Lipinski definition) is 5. The Morgan fingerprint density at radius 1 is 1.22 bits per heavy atom. The molecule has 0 atom stereocenters. The van der Waals surface area contributed by atoms with Crippen molar-refractivity contribution in [1.82, 2.24) is 4.90 Å².